The Morgan fingerprint density at radius 1 is 1.16 bits per heavy atom. The lowest BCUT2D eigenvalue weighted by Crippen LogP contribution is -2.39. The van der Waals surface area contributed by atoms with Crippen LogP contribution in [0.15, 0.2) is 18.2 Å². The van der Waals surface area contributed by atoms with Crippen molar-refractivity contribution in [3.05, 3.63) is 34.9 Å². The molecule has 2 fully saturated rings. The SMILES string of the molecule is COc1ccc2c(c1CC1CCN(C3CCCCC3)C1=O)C=CCC2. The van der Waals surface area contributed by atoms with Crippen molar-refractivity contribution in [2.45, 2.75) is 63.8 Å². The maximum absolute atomic E-state index is 13.0. The molecule has 1 saturated heterocycles. The topological polar surface area (TPSA) is 29.5 Å². The van der Waals surface area contributed by atoms with Crippen LogP contribution in [-0.2, 0) is 17.6 Å². The van der Waals surface area contributed by atoms with Crippen LogP contribution < -0.4 is 4.74 Å². The Hall–Kier alpha value is -1.77. The Labute approximate surface area is 151 Å². The zero-order valence-corrected chi connectivity index (χ0v) is 15.3. The standard InChI is InChI=1S/C22H29NO2/c1-25-21-12-11-16-7-5-6-10-19(16)20(21)15-17-13-14-23(22(17)24)18-8-3-2-4-9-18/h6,10-12,17-18H,2-5,7-9,13-15H2,1H3. The summed E-state index contributed by atoms with van der Waals surface area (Å²) < 4.78 is 5.64. The van der Waals surface area contributed by atoms with E-state index in [1.807, 2.05) is 0 Å². The molecule has 3 aliphatic rings. The second kappa shape index (κ2) is 7.23. The lowest BCUT2D eigenvalue weighted by atomic mass is 9.87. The first-order valence-electron chi connectivity index (χ1n) is 9.93. The fourth-order valence-corrected chi connectivity index (χ4v) is 4.91. The lowest BCUT2D eigenvalue weighted by Gasteiger charge is -2.31. The Balaban J connectivity index is 1.55. The Morgan fingerprint density at radius 2 is 2.00 bits per heavy atom. The highest BCUT2D eigenvalue weighted by Gasteiger charge is 2.37. The number of nitrogens with zero attached hydrogens (tertiary/aromatic N) is 1. The van der Waals surface area contributed by atoms with E-state index in [0.717, 1.165) is 38.0 Å². The first kappa shape index (κ1) is 16.7. The van der Waals surface area contributed by atoms with E-state index in [0.29, 0.717) is 11.9 Å². The van der Waals surface area contributed by atoms with Crippen LogP contribution in [0.1, 0.15) is 61.6 Å². The summed E-state index contributed by atoms with van der Waals surface area (Å²) in [7, 11) is 1.74. The van der Waals surface area contributed by atoms with Gasteiger partial charge in [-0.2, -0.15) is 0 Å². The summed E-state index contributed by atoms with van der Waals surface area (Å²) >= 11 is 0. The normalized spacial score (nSPS) is 23.8. The number of ether oxygens (including phenoxy) is 1. The molecule has 134 valence electrons. The fraction of sp³-hybridized carbons (Fsp3) is 0.591. The minimum absolute atomic E-state index is 0.123. The van der Waals surface area contributed by atoms with Crippen molar-refractivity contribution in [3.63, 3.8) is 0 Å². The Bertz CT molecular complexity index is 673. The number of fused-ring (bicyclic) bond motifs is 1. The van der Waals surface area contributed by atoms with E-state index in [9.17, 15) is 4.79 Å². The number of benzene rings is 1. The van der Waals surface area contributed by atoms with Gasteiger partial charge in [-0.1, -0.05) is 37.5 Å². The van der Waals surface area contributed by atoms with E-state index < -0.39 is 0 Å². The van der Waals surface area contributed by atoms with Gasteiger partial charge in [0.1, 0.15) is 5.75 Å². The molecular weight excluding hydrogens is 310 g/mol. The fourth-order valence-electron chi connectivity index (χ4n) is 4.91. The minimum Gasteiger partial charge on any atom is -0.496 e. The molecule has 1 aromatic carbocycles. The summed E-state index contributed by atoms with van der Waals surface area (Å²) in [6, 6.07) is 4.77. The molecule has 1 heterocycles. The van der Waals surface area contributed by atoms with Gasteiger partial charge in [-0.05, 0) is 55.7 Å². The molecule has 1 saturated carbocycles. The first-order valence-corrected chi connectivity index (χ1v) is 9.93. The van der Waals surface area contributed by atoms with Gasteiger partial charge < -0.3 is 9.64 Å². The number of hydrogen-bond acceptors (Lipinski definition) is 2. The quantitative estimate of drug-likeness (QED) is 0.815. The number of hydrogen-bond donors (Lipinski definition) is 0. The highest BCUT2D eigenvalue weighted by molar-refractivity contribution is 5.82. The average Bonchev–Trinajstić information content (AvgIpc) is 3.03. The molecule has 2 aliphatic carbocycles. The van der Waals surface area contributed by atoms with Gasteiger partial charge in [-0.15, -0.1) is 0 Å². The summed E-state index contributed by atoms with van der Waals surface area (Å²) in [4.78, 5) is 15.2. The highest BCUT2D eigenvalue weighted by atomic mass is 16.5. The molecule has 3 nitrogen and oxygen atoms in total. The van der Waals surface area contributed by atoms with Crippen LogP contribution in [0.25, 0.3) is 6.08 Å². The van der Waals surface area contributed by atoms with Crippen LogP contribution in [-0.4, -0.2) is 30.5 Å². The monoisotopic (exact) mass is 339 g/mol. The average molecular weight is 339 g/mol. The molecule has 0 aromatic heterocycles. The van der Waals surface area contributed by atoms with Gasteiger partial charge in [0.2, 0.25) is 5.91 Å². The molecule has 1 amide bonds. The van der Waals surface area contributed by atoms with Gasteiger partial charge in [0, 0.05) is 24.1 Å². The lowest BCUT2D eigenvalue weighted by molar-refractivity contribution is -0.133. The maximum atomic E-state index is 13.0. The number of aryl methyl sites for hydroxylation is 1. The van der Waals surface area contributed by atoms with Gasteiger partial charge in [-0.25, -0.2) is 0 Å². The molecule has 4 rings (SSSR count). The van der Waals surface area contributed by atoms with E-state index in [1.54, 1.807) is 7.11 Å². The Morgan fingerprint density at radius 3 is 2.80 bits per heavy atom. The molecule has 25 heavy (non-hydrogen) atoms. The zero-order chi connectivity index (χ0) is 17.2. The second-order valence-electron chi connectivity index (χ2n) is 7.77. The van der Waals surface area contributed by atoms with Gasteiger partial charge >= 0.3 is 0 Å². The van der Waals surface area contributed by atoms with Gasteiger partial charge in [0.05, 0.1) is 7.11 Å². The number of rotatable bonds is 4. The summed E-state index contributed by atoms with van der Waals surface area (Å²) in [6.07, 6.45) is 14.8. The number of methoxy groups -OCH3 is 1. The number of carbonyl (C=O) groups excluding carboxylic acids is 1. The van der Waals surface area contributed by atoms with Gasteiger partial charge in [0.25, 0.3) is 0 Å². The van der Waals surface area contributed by atoms with E-state index in [2.05, 4.69) is 29.2 Å². The number of likely N-dealkylation sites (tertiary alicyclic amines) is 1. The van der Waals surface area contributed by atoms with Crippen LogP contribution in [0.2, 0.25) is 0 Å². The smallest absolute Gasteiger partial charge is 0.226 e. The number of amides is 1. The molecule has 3 heteroatoms. The summed E-state index contributed by atoms with van der Waals surface area (Å²) in [5.41, 5.74) is 3.93. The first-order chi connectivity index (χ1) is 12.3. The van der Waals surface area contributed by atoms with E-state index >= 15 is 0 Å². The maximum Gasteiger partial charge on any atom is 0.226 e. The molecular formula is C22H29NO2. The van der Waals surface area contributed by atoms with E-state index in [1.165, 1.54) is 48.8 Å². The molecule has 0 bridgehead atoms. The summed E-state index contributed by atoms with van der Waals surface area (Å²) in [6.45, 7) is 0.946. The molecule has 1 unspecified atom stereocenters. The number of carbonyl (C=O) groups is 1. The van der Waals surface area contributed by atoms with Gasteiger partial charge in [0.15, 0.2) is 0 Å². The molecule has 0 spiro atoms. The van der Waals surface area contributed by atoms with Crippen LogP contribution in [0.3, 0.4) is 0 Å². The van der Waals surface area contributed by atoms with Crippen LogP contribution in [0, 0.1) is 5.92 Å². The predicted octanol–water partition coefficient (Wildman–Crippen LogP) is 4.38. The van der Waals surface area contributed by atoms with Crippen molar-refractivity contribution in [2.24, 2.45) is 5.92 Å². The molecule has 0 N–H and O–H groups in total. The third-order valence-corrected chi connectivity index (χ3v) is 6.31. The molecule has 0 radical (unpaired) electrons. The van der Waals surface area contributed by atoms with Crippen LogP contribution >= 0.6 is 0 Å². The predicted molar refractivity (Wildman–Crippen MR) is 101 cm³/mol. The van der Waals surface area contributed by atoms with E-state index in [4.69, 9.17) is 4.74 Å². The van der Waals surface area contributed by atoms with Crippen molar-refractivity contribution in [1.82, 2.24) is 4.90 Å². The van der Waals surface area contributed by atoms with Crippen molar-refractivity contribution >= 4 is 12.0 Å². The third-order valence-electron chi connectivity index (χ3n) is 6.31. The second-order valence-corrected chi connectivity index (χ2v) is 7.77. The number of allylic oxidation sites excluding steroid dienone is 1. The molecule has 1 aromatic rings. The Kier molecular flexibility index (Phi) is 4.82. The third kappa shape index (κ3) is 3.21. The molecule has 1 aliphatic heterocycles. The van der Waals surface area contributed by atoms with Crippen molar-refractivity contribution in [1.29, 1.82) is 0 Å². The van der Waals surface area contributed by atoms with Crippen molar-refractivity contribution < 1.29 is 9.53 Å². The highest BCUT2D eigenvalue weighted by Crippen LogP contribution is 2.36. The summed E-state index contributed by atoms with van der Waals surface area (Å²) in [5, 5.41) is 0. The molecule has 1 atom stereocenters. The minimum atomic E-state index is 0.123. The van der Waals surface area contributed by atoms with Crippen LogP contribution in [0.4, 0.5) is 0 Å². The van der Waals surface area contributed by atoms with Crippen molar-refractivity contribution in [3.8, 4) is 5.75 Å². The van der Waals surface area contributed by atoms with Crippen molar-refractivity contribution in [2.75, 3.05) is 13.7 Å². The summed E-state index contributed by atoms with van der Waals surface area (Å²) in [5.74, 6) is 1.44. The van der Waals surface area contributed by atoms with E-state index in [-0.39, 0.29) is 5.92 Å². The zero-order valence-electron chi connectivity index (χ0n) is 15.3. The van der Waals surface area contributed by atoms with Gasteiger partial charge in [-0.3, -0.25) is 4.79 Å². The largest absolute Gasteiger partial charge is 0.496 e. The van der Waals surface area contributed by atoms with Crippen LogP contribution in [0.5, 0.6) is 5.75 Å².